The molecule has 0 heterocycles. The lowest BCUT2D eigenvalue weighted by Crippen LogP contribution is -2.16. The number of rotatable bonds is 14. The number of aromatic carboxylic acids is 2. The van der Waals surface area contributed by atoms with Gasteiger partial charge in [-0.15, -0.1) is 0 Å². The third-order valence-electron chi connectivity index (χ3n) is 8.91. The second-order valence-electron chi connectivity index (χ2n) is 12.6. The molecule has 0 radical (unpaired) electrons. The lowest BCUT2D eigenvalue weighted by Gasteiger charge is -2.13. The SMILES string of the molecule is CCc1ccc(Oc2ccc(CC(=O)c3cc(-c4ccc(C(=O)O)c(C(=O)Nc5ccc(Oc6ccc(CC)cc6)cc5)c4)ccc3C(=O)O)cc2)cc1. The first kappa shape index (κ1) is 36.8. The van der Waals surface area contributed by atoms with Crippen LogP contribution in [0.25, 0.3) is 11.1 Å². The first-order valence-corrected chi connectivity index (χ1v) is 17.4. The number of carbonyl (C=O) groups excluding carboxylic acids is 2. The number of anilines is 1. The monoisotopic (exact) mass is 719 g/mol. The summed E-state index contributed by atoms with van der Waals surface area (Å²) in [5, 5.41) is 22.6. The van der Waals surface area contributed by atoms with Gasteiger partial charge in [0.05, 0.1) is 16.7 Å². The zero-order chi connectivity index (χ0) is 38.2. The molecule has 0 aliphatic carbocycles. The Labute approximate surface area is 312 Å². The minimum absolute atomic E-state index is 0.0201. The zero-order valence-corrected chi connectivity index (χ0v) is 29.7. The van der Waals surface area contributed by atoms with Gasteiger partial charge in [-0.25, -0.2) is 9.59 Å². The summed E-state index contributed by atoms with van der Waals surface area (Å²) in [6.07, 6.45) is 1.77. The van der Waals surface area contributed by atoms with E-state index in [1.807, 2.05) is 48.5 Å². The molecule has 3 N–H and O–H groups in total. The second kappa shape index (κ2) is 16.6. The van der Waals surface area contributed by atoms with Gasteiger partial charge in [-0.1, -0.05) is 62.4 Å². The van der Waals surface area contributed by atoms with E-state index in [0.717, 1.165) is 12.8 Å². The normalized spacial score (nSPS) is 10.7. The molecular weight excluding hydrogens is 682 g/mol. The standard InChI is InChI=1S/C45H37NO8/c1-3-28-5-15-34(16-6-28)53-36-19-9-30(10-20-36)25-42(47)40-26-31(11-23-38(40)44(49)50)32-12-24-39(45(51)52)41(27-32)43(48)46-33-13-21-37(22-14-33)54-35-17-7-29(4-2)8-18-35/h5-24,26-27H,3-4,25H2,1-2H3,(H,46,48)(H,49,50)(H,51,52). The Morgan fingerprint density at radius 1 is 0.481 bits per heavy atom. The number of hydrogen-bond acceptors (Lipinski definition) is 6. The van der Waals surface area contributed by atoms with Crippen molar-refractivity contribution < 1.29 is 38.9 Å². The molecular formula is C45H37NO8. The molecule has 0 aliphatic heterocycles. The Morgan fingerprint density at radius 3 is 1.30 bits per heavy atom. The fourth-order valence-electron chi connectivity index (χ4n) is 5.86. The van der Waals surface area contributed by atoms with E-state index in [1.54, 1.807) is 48.5 Å². The molecule has 0 spiro atoms. The molecule has 0 bridgehead atoms. The van der Waals surface area contributed by atoms with Crippen molar-refractivity contribution in [1.29, 1.82) is 0 Å². The number of carboxylic acid groups (broad SMARTS) is 2. The first-order valence-electron chi connectivity index (χ1n) is 17.4. The topological polar surface area (TPSA) is 139 Å². The average molecular weight is 720 g/mol. The van der Waals surface area contributed by atoms with Crippen molar-refractivity contribution in [2.24, 2.45) is 0 Å². The minimum Gasteiger partial charge on any atom is -0.478 e. The molecule has 54 heavy (non-hydrogen) atoms. The van der Waals surface area contributed by atoms with Gasteiger partial charge >= 0.3 is 11.9 Å². The summed E-state index contributed by atoms with van der Waals surface area (Å²) in [7, 11) is 0. The third-order valence-corrected chi connectivity index (χ3v) is 8.91. The Balaban J connectivity index is 1.19. The van der Waals surface area contributed by atoms with E-state index in [1.165, 1.54) is 47.5 Å². The van der Waals surface area contributed by atoms with Crippen LogP contribution in [-0.2, 0) is 19.3 Å². The van der Waals surface area contributed by atoms with Crippen LogP contribution in [0, 0.1) is 0 Å². The molecule has 0 unspecified atom stereocenters. The Kier molecular flexibility index (Phi) is 11.3. The number of carboxylic acids is 2. The molecule has 9 nitrogen and oxygen atoms in total. The molecule has 270 valence electrons. The van der Waals surface area contributed by atoms with Crippen molar-refractivity contribution in [2.45, 2.75) is 33.1 Å². The summed E-state index contributed by atoms with van der Waals surface area (Å²) >= 11 is 0. The summed E-state index contributed by atoms with van der Waals surface area (Å²) in [6.45, 7) is 4.15. The highest BCUT2D eigenvalue weighted by Crippen LogP contribution is 2.29. The maximum atomic E-state index is 13.6. The van der Waals surface area contributed by atoms with Crippen molar-refractivity contribution in [3.8, 4) is 34.1 Å². The van der Waals surface area contributed by atoms with E-state index >= 15 is 0 Å². The van der Waals surface area contributed by atoms with E-state index in [-0.39, 0.29) is 28.7 Å². The fourth-order valence-corrected chi connectivity index (χ4v) is 5.86. The average Bonchev–Trinajstić information content (AvgIpc) is 3.19. The van der Waals surface area contributed by atoms with Crippen LogP contribution in [0.3, 0.4) is 0 Å². The van der Waals surface area contributed by atoms with E-state index < -0.39 is 23.6 Å². The molecule has 0 saturated heterocycles. The van der Waals surface area contributed by atoms with Crippen LogP contribution in [0.4, 0.5) is 5.69 Å². The number of amides is 1. The van der Waals surface area contributed by atoms with Gasteiger partial charge in [-0.2, -0.15) is 0 Å². The molecule has 0 atom stereocenters. The predicted molar refractivity (Wildman–Crippen MR) is 206 cm³/mol. The Bertz CT molecular complexity index is 2150. The lowest BCUT2D eigenvalue weighted by atomic mass is 9.92. The summed E-state index contributed by atoms with van der Waals surface area (Å²) in [4.78, 5) is 51.4. The van der Waals surface area contributed by atoms with Gasteiger partial charge < -0.3 is 25.0 Å². The van der Waals surface area contributed by atoms with Gasteiger partial charge in [0, 0.05) is 17.7 Å². The van der Waals surface area contributed by atoms with Crippen LogP contribution in [0.5, 0.6) is 23.0 Å². The Hall–Kier alpha value is -7.00. The maximum Gasteiger partial charge on any atom is 0.336 e. The smallest absolute Gasteiger partial charge is 0.336 e. The van der Waals surface area contributed by atoms with Crippen LogP contribution >= 0.6 is 0 Å². The number of aryl methyl sites for hydroxylation is 2. The number of ether oxygens (including phenoxy) is 2. The fraction of sp³-hybridized carbons (Fsp3) is 0.111. The van der Waals surface area contributed by atoms with Gasteiger partial charge in [-0.05, 0) is 126 Å². The van der Waals surface area contributed by atoms with Gasteiger partial charge in [0.1, 0.15) is 23.0 Å². The quantitative estimate of drug-likeness (QED) is 0.0946. The van der Waals surface area contributed by atoms with E-state index in [9.17, 15) is 29.4 Å². The first-order chi connectivity index (χ1) is 26.1. The highest BCUT2D eigenvalue weighted by molar-refractivity contribution is 6.12. The van der Waals surface area contributed by atoms with Crippen molar-refractivity contribution in [3.63, 3.8) is 0 Å². The maximum absolute atomic E-state index is 13.6. The van der Waals surface area contributed by atoms with Crippen LogP contribution in [0.2, 0.25) is 0 Å². The molecule has 0 saturated carbocycles. The molecule has 6 aromatic rings. The number of nitrogens with one attached hydrogen (secondary N) is 1. The van der Waals surface area contributed by atoms with Gasteiger partial charge in [0.2, 0.25) is 0 Å². The summed E-state index contributed by atoms with van der Waals surface area (Å²) in [6, 6.07) is 37.7. The van der Waals surface area contributed by atoms with Gasteiger partial charge in [0.15, 0.2) is 5.78 Å². The number of Topliss-reactive ketones (excluding diaryl/α,β-unsaturated/α-hetero) is 1. The molecule has 0 aliphatic rings. The number of ketones is 1. The van der Waals surface area contributed by atoms with E-state index in [0.29, 0.717) is 45.4 Å². The van der Waals surface area contributed by atoms with Crippen LogP contribution in [0.15, 0.2) is 133 Å². The van der Waals surface area contributed by atoms with Crippen LogP contribution < -0.4 is 14.8 Å². The van der Waals surface area contributed by atoms with Crippen molar-refractivity contribution in [2.75, 3.05) is 5.32 Å². The molecule has 1 amide bonds. The van der Waals surface area contributed by atoms with Gasteiger partial charge in [0.25, 0.3) is 5.91 Å². The molecule has 6 aromatic carbocycles. The second-order valence-corrected chi connectivity index (χ2v) is 12.6. The predicted octanol–water partition coefficient (Wildman–Crippen LogP) is 10.1. The number of carbonyl (C=O) groups is 4. The highest BCUT2D eigenvalue weighted by Gasteiger charge is 2.21. The van der Waals surface area contributed by atoms with Crippen molar-refractivity contribution >= 4 is 29.3 Å². The van der Waals surface area contributed by atoms with Crippen molar-refractivity contribution in [1.82, 2.24) is 0 Å². The minimum atomic E-state index is -1.30. The summed E-state index contributed by atoms with van der Waals surface area (Å²) < 4.78 is 11.8. The third kappa shape index (κ3) is 8.89. The van der Waals surface area contributed by atoms with Crippen LogP contribution in [0.1, 0.15) is 72.0 Å². The van der Waals surface area contributed by atoms with Crippen molar-refractivity contribution in [3.05, 3.63) is 172 Å². The zero-order valence-electron chi connectivity index (χ0n) is 29.7. The summed E-state index contributed by atoms with van der Waals surface area (Å²) in [5.41, 5.74) is 3.77. The number of hydrogen-bond donors (Lipinski definition) is 3. The molecule has 6 rings (SSSR count). The molecule has 0 aromatic heterocycles. The molecule has 0 fully saturated rings. The summed E-state index contributed by atoms with van der Waals surface area (Å²) in [5.74, 6) is -1.16. The lowest BCUT2D eigenvalue weighted by molar-refractivity contribution is 0.0683. The van der Waals surface area contributed by atoms with Crippen LogP contribution in [-0.4, -0.2) is 33.8 Å². The molecule has 9 heteroatoms. The highest BCUT2D eigenvalue weighted by atomic mass is 16.5. The van der Waals surface area contributed by atoms with Gasteiger partial charge in [-0.3, -0.25) is 9.59 Å². The number of benzene rings is 6. The van der Waals surface area contributed by atoms with E-state index in [2.05, 4.69) is 19.2 Å². The van der Waals surface area contributed by atoms with E-state index in [4.69, 9.17) is 9.47 Å². The largest absolute Gasteiger partial charge is 0.478 e. The Morgan fingerprint density at radius 2 is 0.870 bits per heavy atom.